The molecule has 1 heterocycles. The minimum Gasteiger partial charge on any atom is -0.373 e. The van der Waals surface area contributed by atoms with Gasteiger partial charge in [-0.3, -0.25) is 4.79 Å². The molecule has 0 N–H and O–H groups in total. The van der Waals surface area contributed by atoms with E-state index in [2.05, 4.69) is 0 Å². The van der Waals surface area contributed by atoms with E-state index in [4.69, 9.17) is 16.3 Å². The molecule has 3 aliphatic rings. The van der Waals surface area contributed by atoms with E-state index in [1.165, 1.54) is 6.42 Å². The van der Waals surface area contributed by atoms with Crippen molar-refractivity contribution in [2.24, 2.45) is 17.8 Å². The van der Waals surface area contributed by atoms with Crippen LogP contribution in [0.4, 0.5) is 0 Å². The fraction of sp³-hybridized carbons (Fsp3) is 0.917. The van der Waals surface area contributed by atoms with Gasteiger partial charge in [-0.05, 0) is 31.1 Å². The van der Waals surface area contributed by atoms with Gasteiger partial charge >= 0.3 is 0 Å². The number of alkyl halides is 1. The zero-order valence-corrected chi connectivity index (χ0v) is 10.2. The van der Waals surface area contributed by atoms with Gasteiger partial charge < -0.3 is 9.64 Å². The molecule has 16 heavy (non-hydrogen) atoms. The number of hydrogen-bond donors (Lipinski definition) is 0. The van der Waals surface area contributed by atoms with Crippen LogP contribution in [0.3, 0.4) is 0 Å². The van der Waals surface area contributed by atoms with E-state index < -0.39 is 0 Å². The molecule has 0 spiro atoms. The summed E-state index contributed by atoms with van der Waals surface area (Å²) in [4.78, 5) is 14.2. The van der Waals surface area contributed by atoms with Crippen LogP contribution in [0.5, 0.6) is 0 Å². The highest BCUT2D eigenvalue weighted by Crippen LogP contribution is 2.54. The number of morpholine rings is 1. The van der Waals surface area contributed by atoms with E-state index in [0.717, 1.165) is 31.2 Å². The third-order valence-electron chi connectivity index (χ3n) is 4.22. The van der Waals surface area contributed by atoms with Crippen molar-refractivity contribution in [3.05, 3.63) is 0 Å². The van der Waals surface area contributed by atoms with E-state index in [0.29, 0.717) is 30.9 Å². The SMILES string of the molecule is O=C(C1CC2CC2C1)N1CCOC(CCl)C1. The predicted octanol–water partition coefficient (Wildman–Crippen LogP) is 1.50. The number of nitrogens with zero attached hydrogens (tertiary/aromatic N) is 1. The molecule has 3 nitrogen and oxygen atoms in total. The first-order valence-corrected chi connectivity index (χ1v) is 6.77. The monoisotopic (exact) mass is 243 g/mol. The molecule has 90 valence electrons. The molecule has 0 aromatic carbocycles. The van der Waals surface area contributed by atoms with Crippen molar-refractivity contribution in [3.8, 4) is 0 Å². The Morgan fingerprint density at radius 2 is 2.06 bits per heavy atom. The molecule has 1 amide bonds. The van der Waals surface area contributed by atoms with Gasteiger partial charge in [-0.25, -0.2) is 0 Å². The standard InChI is InChI=1S/C12H18ClNO2/c13-6-11-7-14(1-2-16-11)12(15)10-4-8-3-9(8)5-10/h8-11H,1-7H2. The number of amides is 1. The minimum absolute atomic E-state index is 0.0373. The Kier molecular flexibility index (Phi) is 2.84. The largest absolute Gasteiger partial charge is 0.373 e. The summed E-state index contributed by atoms with van der Waals surface area (Å²) in [5.74, 6) is 2.89. The lowest BCUT2D eigenvalue weighted by Gasteiger charge is -2.33. The second-order valence-corrected chi connectivity index (χ2v) is 5.66. The lowest BCUT2D eigenvalue weighted by molar-refractivity contribution is -0.142. The molecule has 3 fully saturated rings. The molecule has 3 unspecified atom stereocenters. The van der Waals surface area contributed by atoms with Gasteiger partial charge in [-0.2, -0.15) is 0 Å². The third kappa shape index (κ3) is 1.95. The molecule has 1 aliphatic heterocycles. The summed E-state index contributed by atoms with van der Waals surface area (Å²) in [6, 6.07) is 0. The number of ether oxygens (including phenoxy) is 1. The fourth-order valence-corrected chi connectivity index (χ4v) is 3.37. The van der Waals surface area contributed by atoms with Crippen LogP contribution < -0.4 is 0 Å². The topological polar surface area (TPSA) is 29.5 Å². The molecule has 3 rings (SSSR count). The van der Waals surface area contributed by atoms with Crippen molar-refractivity contribution in [1.29, 1.82) is 0 Å². The maximum Gasteiger partial charge on any atom is 0.225 e. The highest BCUT2D eigenvalue weighted by atomic mass is 35.5. The molecule has 2 saturated carbocycles. The zero-order valence-electron chi connectivity index (χ0n) is 9.40. The Bertz CT molecular complexity index is 287. The van der Waals surface area contributed by atoms with Crippen LogP contribution in [-0.4, -0.2) is 42.5 Å². The van der Waals surface area contributed by atoms with Crippen molar-refractivity contribution >= 4 is 17.5 Å². The van der Waals surface area contributed by atoms with Gasteiger partial charge in [0.25, 0.3) is 0 Å². The van der Waals surface area contributed by atoms with Crippen molar-refractivity contribution in [2.75, 3.05) is 25.6 Å². The van der Waals surface area contributed by atoms with E-state index in [-0.39, 0.29) is 6.10 Å². The van der Waals surface area contributed by atoms with Crippen LogP contribution in [0.2, 0.25) is 0 Å². The quantitative estimate of drug-likeness (QED) is 0.688. The average molecular weight is 244 g/mol. The van der Waals surface area contributed by atoms with Gasteiger partial charge in [-0.15, -0.1) is 11.6 Å². The maximum absolute atomic E-state index is 12.3. The zero-order chi connectivity index (χ0) is 11.1. The molecule has 0 aromatic heterocycles. The van der Waals surface area contributed by atoms with E-state index in [1.807, 2.05) is 4.90 Å². The van der Waals surface area contributed by atoms with Crippen LogP contribution in [-0.2, 0) is 9.53 Å². The molecule has 3 atom stereocenters. The number of hydrogen-bond acceptors (Lipinski definition) is 2. The third-order valence-corrected chi connectivity index (χ3v) is 4.56. The fourth-order valence-electron chi connectivity index (χ4n) is 3.19. The van der Waals surface area contributed by atoms with Crippen LogP contribution in [0.15, 0.2) is 0 Å². The Morgan fingerprint density at radius 1 is 1.31 bits per heavy atom. The van der Waals surface area contributed by atoms with Crippen molar-refractivity contribution < 1.29 is 9.53 Å². The van der Waals surface area contributed by atoms with Gasteiger partial charge in [0.2, 0.25) is 5.91 Å². The van der Waals surface area contributed by atoms with Crippen LogP contribution >= 0.6 is 11.6 Å². The van der Waals surface area contributed by atoms with E-state index in [1.54, 1.807) is 0 Å². The second kappa shape index (κ2) is 4.19. The Balaban J connectivity index is 1.57. The summed E-state index contributed by atoms with van der Waals surface area (Å²) in [6.07, 6.45) is 3.67. The molecule has 2 aliphatic carbocycles. The molecule has 1 saturated heterocycles. The minimum atomic E-state index is 0.0373. The number of carbonyl (C=O) groups excluding carboxylic acids is 1. The Labute approximate surface area is 101 Å². The van der Waals surface area contributed by atoms with Gasteiger partial charge in [0.1, 0.15) is 0 Å². The summed E-state index contributed by atoms with van der Waals surface area (Å²) < 4.78 is 5.47. The first-order valence-electron chi connectivity index (χ1n) is 6.24. The summed E-state index contributed by atoms with van der Waals surface area (Å²) >= 11 is 5.78. The lowest BCUT2D eigenvalue weighted by atomic mass is 10.0. The number of halogens is 1. The molecule has 0 aromatic rings. The van der Waals surface area contributed by atoms with Crippen molar-refractivity contribution in [3.63, 3.8) is 0 Å². The van der Waals surface area contributed by atoms with Gasteiger partial charge in [0.15, 0.2) is 0 Å². The van der Waals surface area contributed by atoms with Crippen LogP contribution in [0.1, 0.15) is 19.3 Å². The molecule has 0 bridgehead atoms. The highest BCUT2D eigenvalue weighted by Gasteiger charge is 2.49. The molecule has 4 heteroatoms. The summed E-state index contributed by atoms with van der Waals surface area (Å²) in [5, 5.41) is 0. The van der Waals surface area contributed by atoms with Crippen LogP contribution in [0.25, 0.3) is 0 Å². The molecular weight excluding hydrogens is 226 g/mol. The number of fused-ring (bicyclic) bond motifs is 1. The predicted molar refractivity (Wildman–Crippen MR) is 61.4 cm³/mol. The van der Waals surface area contributed by atoms with Crippen LogP contribution in [0, 0.1) is 17.8 Å². The summed E-state index contributed by atoms with van der Waals surface area (Å²) in [7, 11) is 0. The Morgan fingerprint density at radius 3 is 2.75 bits per heavy atom. The lowest BCUT2D eigenvalue weighted by Crippen LogP contribution is -2.48. The van der Waals surface area contributed by atoms with E-state index in [9.17, 15) is 4.79 Å². The smallest absolute Gasteiger partial charge is 0.225 e. The summed E-state index contributed by atoms with van der Waals surface area (Å²) in [6.45, 7) is 2.08. The first kappa shape index (κ1) is 10.8. The number of rotatable bonds is 2. The first-order chi connectivity index (χ1) is 7.78. The maximum atomic E-state index is 12.3. The van der Waals surface area contributed by atoms with Gasteiger partial charge in [0.05, 0.1) is 18.6 Å². The normalized spacial score (nSPS) is 41.9. The van der Waals surface area contributed by atoms with E-state index >= 15 is 0 Å². The number of carbonyl (C=O) groups is 1. The second-order valence-electron chi connectivity index (χ2n) is 5.36. The van der Waals surface area contributed by atoms with Gasteiger partial charge in [-0.1, -0.05) is 0 Å². The molecule has 0 radical (unpaired) electrons. The van der Waals surface area contributed by atoms with Gasteiger partial charge in [0, 0.05) is 19.0 Å². The Hall–Kier alpha value is -0.280. The van der Waals surface area contributed by atoms with Crippen molar-refractivity contribution in [2.45, 2.75) is 25.4 Å². The molecular formula is C12H18ClNO2. The summed E-state index contributed by atoms with van der Waals surface area (Å²) in [5.41, 5.74) is 0. The van der Waals surface area contributed by atoms with Crippen molar-refractivity contribution in [1.82, 2.24) is 4.90 Å². The highest BCUT2D eigenvalue weighted by molar-refractivity contribution is 6.18. The average Bonchev–Trinajstić information content (AvgIpc) is 2.95.